The molecule has 1 heterocycles. The highest BCUT2D eigenvalue weighted by molar-refractivity contribution is 6.40. The van der Waals surface area contributed by atoms with Crippen LogP contribution in [0, 0.1) is 5.92 Å². The molecule has 2 aromatic carbocycles. The van der Waals surface area contributed by atoms with Crippen molar-refractivity contribution in [3.8, 4) is 0 Å². The lowest BCUT2D eigenvalue weighted by molar-refractivity contribution is -0.136. The molecule has 0 saturated heterocycles. The van der Waals surface area contributed by atoms with Crippen LogP contribution in [-0.2, 0) is 19.1 Å². The number of benzene rings is 2. The highest BCUT2D eigenvalue weighted by Crippen LogP contribution is 2.32. The molecule has 1 aliphatic carbocycles. The van der Waals surface area contributed by atoms with Gasteiger partial charge in [0.2, 0.25) is 0 Å². The second-order valence-electron chi connectivity index (χ2n) is 8.16. The first kappa shape index (κ1) is 24.2. The maximum absolute atomic E-state index is 12.7. The number of hydrazone groups is 1. The Morgan fingerprint density at radius 3 is 2.51 bits per heavy atom. The van der Waals surface area contributed by atoms with Crippen LogP contribution in [0.4, 0.5) is 11.4 Å². The van der Waals surface area contributed by atoms with Crippen LogP contribution < -0.4 is 16.1 Å². The number of para-hydroxylation sites is 1. The number of fused-ring (bicyclic) bond motifs is 1. The Morgan fingerprint density at radius 2 is 1.71 bits per heavy atom. The number of halogens is 1. The van der Waals surface area contributed by atoms with Crippen LogP contribution in [-0.4, -0.2) is 35.8 Å². The average Bonchev–Trinajstić information content (AvgIpc) is 2.87. The maximum Gasteiger partial charge on any atom is 0.329 e. The van der Waals surface area contributed by atoms with Gasteiger partial charge in [-0.15, -0.1) is 0 Å². The first-order chi connectivity index (χ1) is 16.9. The van der Waals surface area contributed by atoms with Crippen LogP contribution in [0.15, 0.2) is 65.5 Å². The lowest BCUT2D eigenvalue weighted by atomic mass is 9.80. The van der Waals surface area contributed by atoms with E-state index in [-0.39, 0.29) is 34.6 Å². The summed E-state index contributed by atoms with van der Waals surface area (Å²) in [5, 5.41) is 9.36. The summed E-state index contributed by atoms with van der Waals surface area (Å²) < 4.78 is 5.62. The first-order valence-corrected chi connectivity index (χ1v) is 11.5. The molecule has 0 bridgehead atoms. The van der Waals surface area contributed by atoms with Crippen molar-refractivity contribution in [1.82, 2.24) is 5.43 Å². The summed E-state index contributed by atoms with van der Waals surface area (Å²) in [5.41, 5.74) is 3.14. The molecule has 10 heteroatoms. The van der Waals surface area contributed by atoms with Gasteiger partial charge in [-0.1, -0.05) is 30.2 Å². The Morgan fingerprint density at radius 1 is 0.971 bits per heavy atom. The molecule has 180 valence electrons. The number of hydrogen-bond donors (Lipinski definition) is 3. The van der Waals surface area contributed by atoms with E-state index in [1.54, 1.807) is 36.4 Å². The topological polar surface area (TPSA) is 126 Å². The van der Waals surface area contributed by atoms with Crippen molar-refractivity contribution in [3.63, 3.8) is 0 Å². The minimum atomic E-state index is -1.06. The van der Waals surface area contributed by atoms with E-state index in [1.807, 2.05) is 0 Å². The van der Waals surface area contributed by atoms with Crippen molar-refractivity contribution in [2.75, 3.05) is 10.6 Å². The van der Waals surface area contributed by atoms with Gasteiger partial charge in [0.05, 0.1) is 35.2 Å². The standard InChI is InChI=1S/C25H23ClN4O5/c26-16-9-11-17(12-10-16)28-23(32)18-5-1-3-7-20(18)29-24(33)25(34)30-27-13-15-14-35-21-8-4-2-6-19(21)22(15)31/h1,3,5,7,9-14,19,21H,2,4,6,8H2,(H,28,32)(H,29,33)(H,30,34)/b27-13+. The van der Waals surface area contributed by atoms with E-state index >= 15 is 0 Å². The fraction of sp³-hybridized carbons (Fsp3) is 0.240. The second-order valence-corrected chi connectivity index (χ2v) is 8.60. The maximum atomic E-state index is 12.7. The Bertz CT molecular complexity index is 1210. The van der Waals surface area contributed by atoms with Crippen LogP contribution in [0.2, 0.25) is 5.02 Å². The van der Waals surface area contributed by atoms with Gasteiger partial charge >= 0.3 is 11.8 Å². The molecule has 1 aliphatic heterocycles. The predicted molar refractivity (Wildman–Crippen MR) is 131 cm³/mol. The van der Waals surface area contributed by atoms with Gasteiger partial charge in [-0.05, 0) is 55.7 Å². The zero-order chi connectivity index (χ0) is 24.8. The Balaban J connectivity index is 1.35. The van der Waals surface area contributed by atoms with Crippen LogP contribution in [0.3, 0.4) is 0 Å². The molecule has 0 aromatic heterocycles. The second kappa shape index (κ2) is 11.0. The summed E-state index contributed by atoms with van der Waals surface area (Å²) in [6.45, 7) is 0. The summed E-state index contributed by atoms with van der Waals surface area (Å²) in [5.74, 6) is -2.85. The van der Waals surface area contributed by atoms with Crippen LogP contribution in [0.1, 0.15) is 36.0 Å². The number of ether oxygens (including phenoxy) is 1. The molecule has 1 saturated carbocycles. The molecule has 0 radical (unpaired) electrons. The number of carbonyl (C=O) groups is 4. The number of carbonyl (C=O) groups excluding carboxylic acids is 4. The molecule has 1 fully saturated rings. The normalized spacial score (nSPS) is 19.2. The average molecular weight is 495 g/mol. The Kier molecular flexibility index (Phi) is 7.57. The summed E-state index contributed by atoms with van der Waals surface area (Å²) in [6.07, 6.45) is 6.01. The smallest absolute Gasteiger partial charge is 0.329 e. The fourth-order valence-corrected chi connectivity index (χ4v) is 4.12. The molecule has 3 amide bonds. The van der Waals surface area contributed by atoms with Crippen molar-refractivity contribution < 1.29 is 23.9 Å². The molecule has 2 aliphatic rings. The highest BCUT2D eigenvalue weighted by Gasteiger charge is 2.36. The number of nitrogens with zero attached hydrogens (tertiary/aromatic N) is 1. The number of allylic oxidation sites excluding steroid dienone is 1. The van der Waals surface area contributed by atoms with Crippen LogP contribution >= 0.6 is 11.6 Å². The number of ketones is 1. The van der Waals surface area contributed by atoms with Gasteiger partial charge in [-0.25, -0.2) is 5.43 Å². The highest BCUT2D eigenvalue weighted by atomic mass is 35.5. The van der Waals surface area contributed by atoms with E-state index in [9.17, 15) is 19.2 Å². The summed E-state index contributed by atoms with van der Waals surface area (Å²) in [6, 6.07) is 12.8. The summed E-state index contributed by atoms with van der Waals surface area (Å²) in [4.78, 5) is 49.8. The molecule has 2 aromatic rings. The van der Waals surface area contributed by atoms with Crippen molar-refractivity contribution in [1.29, 1.82) is 0 Å². The van der Waals surface area contributed by atoms with Gasteiger partial charge in [-0.2, -0.15) is 5.10 Å². The molecule has 0 spiro atoms. The van der Waals surface area contributed by atoms with Gasteiger partial charge in [0.1, 0.15) is 6.10 Å². The van der Waals surface area contributed by atoms with E-state index in [0.29, 0.717) is 10.7 Å². The molecule has 2 atom stereocenters. The third-order valence-corrected chi connectivity index (χ3v) is 6.04. The summed E-state index contributed by atoms with van der Waals surface area (Å²) >= 11 is 5.86. The van der Waals surface area contributed by atoms with Crippen molar-refractivity contribution >= 4 is 52.7 Å². The number of Topliss-reactive ketones (excluding diaryl/α,β-unsaturated/α-hetero) is 1. The molecule has 3 N–H and O–H groups in total. The van der Waals surface area contributed by atoms with E-state index in [2.05, 4.69) is 21.2 Å². The molecule has 35 heavy (non-hydrogen) atoms. The predicted octanol–water partition coefficient (Wildman–Crippen LogP) is 3.67. The monoisotopic (exact) mass is 494 g/mol. The number of hydrogen-bond acceptors (Lipinski definition) is 6. The minimum absolute atomic E-state index is 0.0796. The van der Waals surface area contributed by atoms with E-state index in [0.717, 1.165) is 25.7 Å². The van der Waals surface area contributed by atoms with E-state index in [1.165, 1.54) is 24.6 Å². The van der Waals surface area contributed by atoms with Crippen molar-refractivity contribution in [2.45, 2.75) is 31.8 Å². The lowest BCUT2D eigenvalue weighted by Crippen LogP contribution is -2.37. The zero-order valence-corrected chi connectivity index (χ0v) is 19.4. The fourth-order valence-electron chi connectivity index (χ4n) is 4.00. The van der Waals surface area contributed by atoms with Gasteiger partial charge in [0.25, 0.3) is 5.91 Å². The number of amides is 3. The van der Waals surface area contributed by atoms with Crippen molar-refractivity contribution in [3.05, 3.63) is 71.0 Å². The largest absolute Gasteiger partial charge is 0.496 e. The first-order valence-electron chi connectivity index (χ1n) is 11.1. The van der Waals surface area contributed by atoms with Gasteiger partial charge < -0.3 is 15.4 Å². The quantitative estimate of drug-likeness (QED) is 0.332. The number of nitrogens with one attached hydrogen (secondary N) is 3. The molecular formula is C25H23ClN4O5. The lowest BCUT2D eigenvalue weighted by Gasteiger charge is -2.33. The molecule has 9 nitrogen and oxygen atoms in total. The molecule has 4 rings (SSSR count). The van der Waals surface area contributed by atoms with Crippen LogP contribution in [0.5, 0.6) is 0 Å². The molecular weight excluding hydrogens is 472 g/mol. The third-order valence-electron chi connectivity index (χ3n) is 5.79. The van der Waals surface area contributed by atoms with E-state index in [4.69, 9.17) is 16.3 Å². The minimum Gasteiger partial charge on any atom is -0.496 e. The Hall–Kier alpha value is -3.98. The third kappa shape index (κ3) is 5.93. The van der Waals surface area contributed by atoms with Gasteiger partial charge in [0.15, 0.2) is 5.78 Å². The summed E-state index contributed by atoms with van der Waals surface area (Å²) in [7, 11) is 0. The molecule has 2 unspecified atom stereocenters. The number of anilines is 2. The Labute approximate surface area is 206 Å². The van der Waals surface area contributed by atoms with Gasteiger partial charge in [-0.3, -0.25) is 19.2 Å². The SMILES string of the molecule is O=C(N/N=C/C1=COC2CCCCC2C1=O)C(=O)Nc1ccccc1C(=O)Nc1ccc(Cl)cc1. The van der Waals surface area contributed by atoms with E-state index < -0.39 is 17.7 Å². The zero-order valence-electron chi connectivity index (χ0n) is 18.6. The van der Waals surface area contributed by atoms with Gasteiger partial charge in [0, 0.05) is 10.7 Å². The van der Waals surface area contributed by atoms with Crippen molar-refractivity contribution in [2.24, 2.45) is 11.0 Å². The van der Waals surface area contributed by atoms with Crippen LogP contribution in [0.25, 0.3) is 0 Å². The number of rotatable bonds is 5.